The molecule has 1 aromatic rings. The lowest BCUT2D eigenvalue weighted by molar-refractivity contribution is -0.137. The highest BCUT2D eigenvalue weighted by Gasteiger charge is 2.31. The molecular weight excluding hydrogens is 294 g/mol. The molecule has 124 valence electrons. The van der Waals surface area contributed by atoms with Gasteiger partial charge in [0, 0.05) is 13.1 Å². The molecule has 1 aliphatic rings. The number of likely N-dealkylation sites (tertiary alicyclic amines) is 1. The third-order valence-corrected chi connectivity index (χ3v) is 4.31. The highest BCUT2D eigenvalue weighted by molar-refractivity contribution is 5.68. The fourth-order valence-electron chi connectivity index (χ4n) is 3.15. The molecule has 0 saturated carbocycles. The van der Waals surface area contributed by atoms with Crippen LogP contribution in [0.25, 0.3) is 0 Å². The molecule has 1 aromatic carbocycles. The second kappa shape index (κ2) is 8.36. The van der Waals surface area contributed by atoms with Gasteiger partial charge in [0.15, 0.2) is 0 Å². The average molecular weight is 317 g/mol. The highest BCUT2D eigenvalue weighted by Crippen LogP contribution is 2.35. The smallest absolute Gasteiger partial charge is 0.410 e. The van der Waals surface area contributed by atoms with E-state index < -0.39 is 5.97 Å². The molecule has 1 N–H and O–H groups in total. The van der Waals surface area contributed by atoms with Crippen LogP contribution >= 0.6 is 0 Å². The molecule has 0 spiro atoms. The molecule has 1 fully saturated rings. The fourth-order valence-corrected chi connectivity index (χ4v) is 3.15. The Bertz CT molecular complexity index is 535. The van der Waals surface area contributed by atoms with Crippen molar-refractivity contribution in [1.82, 2.24) is 4.90 Å². The standard InChI is InChI=1S/C18H23NO4/c1-2-12-23-18(22)19-10-8-15(9-11-19)16(13-17(20)21)14-6-4-3-5-7-14/h2-7,15-16H,1,8-13H2,(H,20,21). The lowest BCUT2D eigenvalue weighted by atomic mass is 9.78. The number of amides is 1. The van der Waals surface area contributed by atoms with E-state index in [1.807, 2.05) is 30.3 Å². The Morgan fingerprint density at radius 1 is 1.30 bits per heavy atom. The first kappa shape index (κ1) is 17.1. The number of carbonyl (C=O) groups is 2. The maximum Gasteiger partial charge on any atom is 0.410 e. The van der Waals surface area contributed by atoms with E-state index in [2.05, 4.69) is 6.58 Å². The van der Waals surface area contributed by atoms with Crippen molar-refractivity contribution >= 4 is 12.1 Å². The van der Waals surface area contributed by atoms with E-state index in [1.54, 1.807) is 11.0 Å². The minimum atomic E-state index is -0.785. The van der Waals surface area contributed by atoms with Crippen molar-refractivity contribution in [2.45, 2.75) is 25.2 Å². The van der Waals surface area contributed by atoms with Crippen LogP contribution in [0.4, 0.5) is 4.79 Å². The first-order valence-corrected chi connectivity index (χ1v) is 7.91. The largest absolute Gasteiger partial charge is 0.481 e. The lowest BCUT2D eigenvalue weighted by Crippen LogP contribution is -2.40. The van der Waals surface area contributed by atoms with Crippen molar-refractivity contribution < 1.29 is 19.4 Å². The van der Waals surface area contributed by atoms with Crippen LogP contribution in [0.2, 0.25) is 0 Å². The van der Waals surface area contributed by atoms with Crippen LogP contribution < -0.4 is 0 Å². The molecule has 5 heteroatoms. The Labute approximate surface area is 136 Å². The molecule has 0 aliphatic carbocycles. The second-order valence-electron chi connectivity index (χ2n) is 5.81. The van der Waals surface area contributed by atoms with E-state index in [9.17, 15) is 14.7 Å². The molecule has 1 saturated heterocycles. The van der Waals surface area contributed by atoms with Crippen LogP contribution in [-0.2, 0) is 9.53 Å². The Hall–Kier alpha value is -2.30. The summed E-state index contributed by atoms with van der Waals surface area (Å²) in [6.45, 7) is 4.94. The monoisotopic (exact) mass is 317 g/mol. The molecule has 0 radical (unpaired) electrons. The summed E-state index contributed by atoms with van der Waals surface area (Å²) < 4.78 is 5.05. The van der Waals surface area contributed by atoms with Crippen molar-refractivity contribution in [2.24, 2.45) is 5.92 Å². The minimum Gasteiger partial charge on any atom is -0.481 e. The number of carboxylic acid groups (broad SMARTS) is 1. The van der Waals surface area contributed by atoms with E-state index in [4.69, 9.17) is 4.74 Å². The van der Waals surface area contributed by atoms with Gasteiger partial charge in [0.2, 0.25) is 0 Å². The summed E-state index contributed by atoms with van der Waals surface area (Å²) in [6, 6.07) is 9.77. The molecule has 1 aliphatic heterocycles. The number of hydrogen-bond acceptors (Lipinski definition) is 3. The second-order valence-corrected chi connectivity index (χ2v) is 5.81. The molecule has 1 amide bonds. The molecule has 1 heterocycles. The highest BCUT2D eigenvalue weighted by atomic mass is 16.6. The van der Waals surface area contributed by atoms with Crippen molar-refractivity contribution in [3.8, 4) is 0 Å². The van der Waals surface area contributed by atoms with Gasteiger partial charge in [-0.25, -0.2) is 4.79 Å². The summed E-state index contributed by atoms with van der Waals surface area (Å²) in [5.74, 6) is -0.538. The maximum absolute atomic E-state index is 11.8. The summed E-state index contributed by atoms with van der Waals surface area (Å²) in [4.78, 5) is 24.7. The number of carbonyl (C=O) groups excluding carboxylic acids is 1. The normalized spacial score (nSPS) is 16.6. The van der Waals surface area contributed by atoms with Gasteiger partial charge in [-0.2, -0.15) is 0 Å². The Kier molecular flexibility index (Phi) is 6.20. The van der Waals surface area contributed by atoms with Gasteiger partial charge in [-0.3, -0.25) is 4.79 Å². The Morgan fingerprint density at radius 2 is 1.96 bits per heavy atom. The first-order chi connectivity index (χ1) is 11.1. The third-order valence-electron chi connectivity index (χ3n) is 4.31. The van der Waals surface area contributed by atoms with Crippen LogP contribution in [0.5, 0.6) is 0 Å². The van der Waals surface area contributed by atoms with Crippen molar-refractivity contribution in [1.29, 1.82) is 0 Å². The summed E-state index contributed by atoms with van der Waals surface area (Å²) >= 11 is 0. The topological polar surface area (TPSA) is 66.8 Å². The van der Waals surface area contributed by atoms with E-state index >= 15 is 0 Å². The molecule has 23 heavy (non-hydrogen) atoms. The van der Waals surface area contributed by atoms with Gasteiger partial charge in [-0.15, -0.1) is 0 Å². The fraction of sp³-hybridized carbons (Fsp3) is 0.444. The predicted molar refractivity (Wildman–Crippen MR) is 87.3 cm³/mol. The number of benzene rings is 1. The number of aliphatic carboxylic acids is 1. The van der Waals surface area contributed by atoms with Gasteiger partial charge in [-0.1, -0.05) is 43.0 Å². The van der Waals surface area contributed by atoms with Crippen molar-refractivity contribution in [3.63, 3.8) is 0 Å². The van der Waals surface area contributed by atoms with E-state index in [1.165, 1.54) is 0 Å². The molecule has 5 nitrogen and oxygen atoms in total. The van der Waals surface area contributed by atoms with Crippen LogP contribution in [-0.4, -0.2) is 41.8 Å². The third kappa shape index (κ3) is 4.84. The van der Waals surface area contributed by atoms with E-state index in [-0.39, 0.29) is 31.0 Å². The summed E-state index contributed by atoms with van der Waals surface area (Å²) in [6.07, 6.45) is 2.92. The van der Waals surface area contributed by atoms with Crippen molar-refractivity contribution in [3.05, 3.63) is 48.6 Å². The Balaban J connectivity index is 1.98. The number of hydrogen-bond donors (Lipinski definition) is 1. The zero-order valence-electron chi connectivity index (χ0n) is 13.2. The predicted octanol–water partition coefficient (Wildman–Crippen LogP) is 3.28. The van der Waals surface area contributed by atoms with Gasteiger partial charge in [0.05, 0.1) is 6.42 Å². The van der Waals surface area contributed by atoms with Gasteiger partial charge in [0.1, 0.15) is 6.61 Å². The molecule has 0 bridgehead atoms. The van der Waals surface area contributed by atoms with Crippen molar-refractivity contribution in [2.75, 3.05) is 19.7 Å². The molecule has 1 unspecified atom stereocenters. The molecular formula is C18H23NO4. The van der Waals surface area contributed by atoms with E-state index in [0.29, 0.717) is 13.1 Å². The minimum absolute atomic E-state index is 0.0138. The van der Waals surface area contributed by atoms with Gasteiger partial charge in [-0.05, 0) is 30.2 Å². The average Bonchev–Trinajstić information content (AvgIpc) is 2.58. The number of nitrogens with zero attached hydrogens (tertiary/aromatic N) is 1. The lowest BCUT2D eigenvalue weighted by Gasteiger charge is -2.35. The number of carboxylic acids is 1. The summed E-state index contributed by atoms with van der Waals surface area (Å²) in [7, 11) is 0. The maximum atomic E-state index is 11.8. The van der Waals surface area contributed by atoms with Gasteiger partial charge >= 0.3 is 12.1 Å². The van der Waals surface area contributed by atoms with E-state index in [0.717, 1.165) is 18.4 Å². The quantitative estimate of drug-likeness (QED) is 0.818. The molecule has 1 atom stereocenters. The zero-order chi connectivity index (χ0) is 16.7. The van der Waals surface area contributed by atoms with Crippen LogP contribution in [0.1, 0.15) is 30.7 Å². The number of rotatable bonds is 6. The van der Waals surface area contributed by atoms with Crippen LogP contribution in [0.3, 0.4) is 0 Å². The van der Waals surface area contributed by atoms with Gasteiger partial charge < -0.3 is 14.7 Å². The number of ether oxygens (including phenoxy) is 1. The molecule has 0 aromatic heterocycles. The zero-order valence-corrected chi connectivity index (χ0v) is 13.2. The van der Waals surface area contributed by atoms with Crippen LogP contribution in [0.15, 0.2) is 43.0 Å². The number of piperidine rings is 1. The summed E-state index contributed by atoms with van der Waals surface area (Å²) in [5, 5.41) is 9.22. The first-order valence-electron chi connectivity index (χ1n) is 7.91. The molecule has 2 rings (SSSR count). The SMILES string of the molecule is C=CCOC(=O)N1CCC(C(CC(=O)O)c2ccccc2)CC1. The van der Waals surface area contributed by atoms with Crippen LogP contribution in [0, 0.1) is 5.92 Å². The Morgan fingerprint density at radius 3 is 2.52 bits per heavy atom. The van der Waals surface area contributed by atoms with Gasteiger partial charge in [0.25, 0.3) is 0 Å². The summed E-state index contributed by atoms with van der Waals surface area (Å²) in [5.41, 5.74) is 1.06.